The minimum Gasteiger partial charge on any atom is -0.748 e. The van der Waals surface area contributed by atoms with E-state index in [1.165, 1.54) is 12.1 Å². The van der Waals surface area contributed by atoms with Crippen LogP contribution in [0.25, 0.3) is 0 Å². The zero-order valence-corrected chi connectivity index (χ0v) is 14.2. The summed E-state index contributed by atoms with van der Waals surface area (Å²) in [5, 5.41) is -0.598. The Bertz CT molecular complexity index is 669. The summed E-state index contributed by atoms with van der Waals surface area (Å²) in [7, 11) is -8.27. The first kappa shape index (κ1) is 19.1. The SMILES string of the molecule is CC1CCC(S(=O)(=O)[O-])CC1.Cc1ccc(S(=O)(=O)[O-])cc1. The maximum atomic E-state index is 10.5. The van der Waals surface area contributed by atoms with Gasteiger partial charge in [-0.05, 0) is 50.7 Å². The van der Waals surface area contributed by atoms with Crippen molar-refractivity contribution in [2.45, 2.75) is 49.7 Å². The van der Waals surface area contributed by atoms with E-state index < -0.39 is 25.5 Å². The van der Waals surface area contributed by atoms with Crippen LogP contribution in [0.4, 0.5) is 0 Å². The highest BCUT2D eigenvalue weighted by Gasteiger charge is 2.22. The maximum absolute atomic E-state index is 10.5. The molecule has 2 rings (SSSR count). The van der Waals surface area contributed by atoms with Crippen LogP contribution in [-0.2, 0) is 20.2 Å². The van der Waals surface area contributed by atoms with Gasteiger partial charge in [0.2, 0.25) is 0 Å². The van der Waals surface area contributed by atoms with Gasteiger partial charge in [-0.25, -0.2) is 16.8 Å². The minimum absolute atomic E-state index is 0.178. The molecule has 0 amide bonds. The van der Waals surface area contributed by atoms with Crippen molar-refractivity contribution in [2.75, 3.05) is 0 Å². The normalized spacial score (nSPS) is 22.5. The van der Waals surface area contributed by atoms with Crippen LogP contribution in [0.1, 0.15) is 38.2 Å². The van der Waals surface area contributed by atoms with Crippen molar-refractivity contribution in [1.29, 1.82) is 0 Å². The molecule has 1 aliphatic rings. The lowest BCUT2D eigenvalue weighted by Crippen LogP contribution is -2.25. The first-order chi connectivity index (χ1) is 10.00. The second-order valence-corrected chi connectivity index (χ2v) is 8.67. The number of benzene rings is 1. The Morgan fingerprint density at radius 3 is 1.73 bits per heavy atom. The lowest BCUT2D eigenvalue weighted by atomic mass is 9.91. The molecule has 0 saturated heterocycles. The fourth-order valence-electron chi connectivity index (χ4n) is 2.22. The van der Waals surface area contributed by atoms with E-state index in [0.29, 0.717) is 18.8 Å². The van der Waals surface area contributed by atoms with Gasteiger partial charge in [-0.15, -0.1) is 0 Å². The summed E-state index contributed by atoms with van der Waals surface area (Å²) in [5.74, 6) is 0.591. The average molecular weight is 348 g/mol. The standard InChI is InChI=1S/C7H14O3S.C7H8O3S/c2*1-6-2-4-7(5-3-6)11(8,9)10/h6-7H,2-5H2,1H3,(H,8,9,10);2-5H,1H3,(H,8,9,10)/p-2. The number of aryl methyl sites for hydroxylation is 1. The van der Waals surface area contributed by atoms with Crippen molar-refractivity contribution in [1.82, 2.24) is 0 Å². The van der Waals surface area contributed by atoms with Gasteiger partial charge in [0.1, 0.15) is 10.1 Å². The highest BCUT2D eigenvalue weighted by Crippen LogP contribution is 2.27. The van der Waals surface area contributed by atoms with Crippen LogP contribution in [0, 0.1) is 12.8 Å². The largest absolute Gasteiger partial charge is 0.748 e. The third-order valence-electron chi connectivity index (χ3n) is 3.68. The average Bonchev–Trinajstić information content (AvgIpc) is 2.38. The molecule has 22 heavy (non-hydrogen) atoms. The molecule has 126 valence electrons. The molecule has 0 spiro atoms. The molecule has 0 bridgehead atoms. The van der Waals surface area contributed by atoms with Gasteiger partial charge in [0.15, 0.2) is 0 Å². The monoisotopic (exact) mass is 348 g/mol. The van der Waals surface area contributed by atoms with Crippen molar-refractivity contribution in [3.8, 4) is 0 Å². The molecular formula is C14H20O6S2-2. The summed E-state index contributed by atoms with van der Waals surface area (Å²) in [4.78, 5) is -0.178. The van der Waals surface area contributed by atoms with Crippen LogP contribution < -0.4 is 0 Å². The van der Waals surface area contributed by atoms with E-state index in [0.717, 1.165) is 18.4 Å². The molecule has 0 N–H and O–H groups in total. The highest BCUT2D eigenvalue weighted by molar-refractivity contribution is 7.86. The molecule has 6 nitrogen and oxygen atoms in total. The Labute approximate surface area is 132 Å². The van der Waals surface area contributed by atoms with E-state index >= 15 is 0 Å². The van der Waals surface area contributed by atoms with Gasteiger partial charge >= 0.3 is 0 Å². The third kappa shape index (κ3) is 6.43. The zero-order valence-electron chi connectivity index (χ0n) is 12.6. The molecule has 0 radical (unpaired) electrons. The lowest BCUT2D eigenvalue weighted by Gasteiger charge is -2.27. The van der Waals surface area contributed by atoms with E-state index in [2.05, 4.69) is 6.92 Å². The molecule has 0 atom stereocenters. The van der Waals surface area contributed by atoms with E-state index in [4.69, 9.17) is 0 Å². The summed E-state index contributed by atoms with van der Waals surface area (Å²) in [6, 6.07) is 5.78. The summed E-state index contributed by atoms with van der Waals surface area (Å²) in [6.07, 6.45) is 2.89. The van der Waals surface area contributed by atoms with Crippen LogP contribution in [0.15, 0.2) is 29.2 Å². The fraction of sp³-hybridized carbons (Fsp3) is 0.571. The molecule has 1 aromatic rings. The van der Waals surface area contributed by atoms with Crippen molar-refractivity contribution in [3.05, 3.63) is 29.8 Å². The van der Waals surface area contributed by atoms with Crippen LogP contribution in [-0.4, -0.2) is 31.2 Å². The molecule has 0 heterocycles. The van der Waals surface area contributed by atoms with Gasteiger partial charge in [0.25, 0.3) is 0 Å². The molecular weight excluding hydrogens is 328 g/mol. The topological polar surface area (TPSA) is 114 Å². The van der Waals surface area contributed by atoms with Crippen LogP contribution >= 0.6 is 0 Å². The summed E-state index contributed by atoms with van der Waals surface area (Å²) in [6.45, 7) is 3.91. The van der Waals surface area contributed by atoms with Gasteiger partial charge in [-0.2, -0.15) is 0 Å². The van der Waals surface area contributed by atoms with Gasteiger partial charge in [-0.3, -0.25) is 0 Å². The Morgan fingerprint density at radius 2 is 1.36 bits per heavy atom. The maximum Gasteiger partial charge on any atom is 0.124 e. The predicted octanol–water partition coefficient (Wildman–Crippen LogP) is 2.01. The summed E-state index contributed by atoms with van der Waals surface area (Å²) in [5.41, 5.74) is 0.928. The van der Waals surface area contributed by atoms with E-state index in [1.54, 1.807) is 12.1 Å². The Hall–Kier alpha value is -0.960. The molecule has 1 fully saturated rings. The smallest absolute Gasteiger partial charge is 0.124 e. The molecule has 8 heteroatoms. The number of hydrogen-bond donors (Lipinski definition) is 0. The first-order valence-electron chi connectivity index (χ1n) is 6.97. The Kier molecular flexibility index (Phi) is 6.54. The molecule has 0 aliphatic heterocycles. The van der Waals surface area contributed by atoms with Crippen LogP contribution in [0.5, 0.6) is 0 Å². The quantitative estimate of drug-likeness (QED) is 0.755. The fourth-order valence-corrected chi connectivity index (χ4v) is 3.54. The van der Waals surface area contributed by atoms with Gasteiger partial charge in [0.05, 0.1) is 15.0 Å². The van der Waals surface area contributed by atoms with E-state index in [1.807, 2.05) is 6.92 Å². The van der Waals surface area contributed by atoms with Crippen molar-refractivity contribution < 1.29 is 25.9 Å². The second kappa shape index (κ2) is 7.54. The zero-order chi connectivity index (χ0) is 17.0. The van der Waals surface area contributed by atoms with Gasteiger partial charge in [-0.1, -0.05) is 24.6 Å². The molecule has 1 saturated carbocycles. The van der Waals surface area contributed by atoms with Gasteiger partial charge in [0, 0.05) is 5.25 Å². The molecule has 0 unspecified atom stereocenters. The van der Waals surface area contributed by atoms with Crippen LogP contribution in [0.3, 0.4) is 0 Å². The summed E-state index contributed by atoms with van der Waals surface area (Å²) < 4.78 is 62.8. The minimum atomic E-state index is -4.27. The molecule has 0 aromatic heterocycles. The van der Waals surface area contributed by atoms with E-state index in [-0.39, 0.29) is 4.90 Å². The lowest BCUT2D eigenvalue weighted by molar-refractivity contribution is 0.359. The second-order valence-electron chi connectivity index (χ2n) is 5.64. The van der Waals surface area contributed by atoms with Crippen molar-refractivity contribution in [2.24, 2.45) is 5.92 Å². The first-order valence-corrected chi connectivity index (χ1v) is 9.85. The predicted molar refractivity (Wildman–Crippen MR) is 80.3 cm³/mol. The highest BCUT2D eigenvalue weighted by atomic mass is 32.2. The molecule has 1 aromatic carbocycles. The summed E-state index contributed by atoms with van der Waals surface area (Å²) >= 11 is 0. The third-order valence-corrected chi connectivity index (χ3v) is 5.82. The number of hydrogen-bond acceptors (Lipinski definition) is 6. The van der Waals surface area contributed by atoms with Crippen molar-refractivity contribution in [3.63, 3.8) is 0 Å². The number of rotatable bonds is 2. The van der Waals surface area contributed by atoms with E-state index in [9.17, 15) is 25.9 Å². The van der Waals surface area contributed by atoms with Gasteiger partial charge < -0.3 is 9.11 Å². The Morgan fingerprint density at radius 1 is 0.909 bits per heavy atom. The Balaban J connectivity index is 0.000000220. The van der Waals surface area contributed by atoms with Crippen molar-refractivity contribution >= 4 is 20.2 Å². The van der Waals surface area contributed by atoms with Crippen LogP contribution in [0.2, 0.25) is 0 Å². The molecule has 1 aliphatic carbocycles.